The van der Waals surface area contributed by atoms with Crippen molar-refractivity contribution in [2.75, 3.05) is 0 Å². The molecule has 0 radical (unpaired) electrons. The second-order valence-electron chi connectivity index (χ2n) is 10.00. The summed E-state index contributed by atoms with van der Waals surface area (Å²) in [4.78, 5) is 36.0. The van der Waals surface area contributed by atoms with Crippen LogP contribution in [-0.2, 0) is 14.3 Å². The lowest BCUT2D eigenvalue weighted by Crippen LogP contribution is -2.62. The van der Waals surface area contributed by atoms with Gasteiger partial charge >= 0.3 is 4.88 Å². The first kappa shape index (κ1) is 21.0. The van der Waals surface area contributed by atoms with Crippen LogP contribution < -0.4 is 0 Å². The average Bonchev–Trinajstić information content (AvgIpc) is 2.83. The van der Waals surface area contributed by atoms with Gasteiger partial charge in [0.1, 0.15) is 11.7 Å². The molecule has 5 nitrogen and oxygen atoms in total. The Morgan fingerprint density at radius 3 is 2.62 bits per heavy atom. The Kier molecular flexibility index (Phi) is 4.78. The van der Waals surface area contributed by atoms with Crippen LogP contribution in [0.4, 0.5) is 4.79 Å². The van der Waals surface area contributed by atoms with E-state index in [1.165, 1.54) is 6.92 Å². The molecule has 0 aliphatic heterocycles. The van der Waals surface area contributed by atoms with E-state index in [1.807, 2.05) is 19.9 Å². The van der Waals surface area contributed by atoms with Crippen LogP contribution in [0.2, 0.25) is 0 Å². The number of fused-ring (bicyclic) bond motifs is 5. The smallest absolute Gasteiger partial charge is 0.374 e. The maximum absolute atomic E-state index is 12.6. The number of ether oxygens (including phenoxy) is 1. The van der Waals surface area contributed by atoms with Crippen molar-refractivity contribution in [3.8, 4) is 0 Å². The summed E-state index contributed by atoms with van der Waals surface area (Å²) in [5.74, 6) is 0.0110. The summed E-state index contributed by atoms with van der Waals surface area (Å²) in [7, 11) is 0. The highest BCUT2D eigenvalue weighted by Gasteiger charge is 2.70. The van der Waals surface area contributed by atoms with Gasteiger partial charge in [-0.3, -0.25) is 9.59 Å². The Morgan fingerprint density at radius 1 is 1.31 bits per heavy atom. The quantitative estimate of drug-likeness (QED) is 0.613. The van der Waals surface area contributed by atoms with E-state index in [1.54, 1.807) is 12.2 Å². The lowest BCUT2D eigenvalue weighted by atomic mass is 9.46. The number of carbonyl (C=O) groups excluding carboxylic acids is 3. The lowest BCUT2D eigenvalue weighted by molar-refractivity contribution is -0.179. The molecule has 4 rings (SSSR count). The van der Waals surface area contributed by atoms with E-state index in [4.69, 9.17) is 4.74 Å². The van der Waals surface area contributed by atoms with Crippen molar-refractivity contribution in [3.63, 3.8) is 0 Å². The third-order valence-electron chi connectivity index (χ3n) is 8.84. The SMILES string of the molecule is CC(=O)[C@@]1(O)[C@@H](C)C[C@H]2[C@@H]3CCC4=CC(=O)C=C[C@]4(C)[C@H]3C(OC(=O)Br)C[C@@]21C. The van der Waals surface area contributed by atoms with Gasteiger partial charge in [-0.05, 0) is 62.5 Å². The first-order valence-electron chi connectivity index (χ1n) is 10.5. The van der Waals surface area contributed by atoms with Gasteiger partial charge in [0.15, 0.2) is 11.6 Å². The van der Waals surface area contributed by atoms with Crippen molar-refractivity contribution in [1.29, 1.82) is 0 Å². The van der Waals surface area contributed by atoms with E-state index in [9.17, 15) is 19.5 Å². The zero-order valence-corrected chi connectivity index (χ0v) is 19.0. The summed E-state index contributed by atoms with van der Waals surface area (Å²) in [6.07, 6.45) is 7.77. The topological polar surface area (TPSA) is 80.7 Å². The largest absolute Gasteiger partial charge is 0.454 e. The first-order chi connectivity index (χ1) is 13.4. The maximum atomic E-state index is 12.6. The second kappa shape index (κ2) is 6.61. The van der Waals surface area contributed by atoms with Gasteiger partial charge in [-0.1, -0.05) is 32.4 Å². The average molecular weight is 465 g/mol. The first-order valence-corrected chi connectivity index (χ1v) is 11.3. The third-order valence-corrected chi connectivity index (χ3v) is 9.02. The number of halogens is 1. The highest BCUT2D eigenvalue weighted by Crippen LogP contribution is 2.68. The summed E-state index contributed by atoms with van der Waals surface area (Å²) in [6.45, 7) is 7.56. The molecule has 0 aromatic heterocycles. The third kappa shape index (κ3) is 2.71. The molecule has 4 aliphatic carbocycles. The van der Waals surface area contributed by atoms with E-state index in [0.717, 1.165) is 24.8 Å². The molecule has 0 saturated heterocycles. The minimum absolute atomic E-state index is 0.00560. The van der Waals surface area contributed by atoms with Crippen LogP contribution >= 0.6 is 15.9 Å². The molecule has 3 saturated carbocycles. The van der Waals surface area contributed by atoms with Crippen LogP contribution in [0.1, 0.15) is 53.4 Å². The minimum Gasteiger partial charge on any atom is -0.454 e. The molecule has 3 fully saturated rings. The Morgan fingerprint density at radius 2 is 2.00 bits per heavy atom. The molecule has 0 amide bonds. The molecule has 1 N–H and O–H groups in total. The molecule has 6 heteroatoms. The number of ketones is 2. The van der Waals surface area contributed by atoms with Gasteiger partial charge in [-0.2, -0.15) is 0 Å². The van der Waals surface area contributed by atoms with Crippen molar-refractivity contribution in [2.24, 2.45) is 34.5 Å². The monoisotopic (exact) mass is 464 g/mol. The van der Waals surface area contributed by atoms with E-state index in [-0.39, 0.29) is 40.7 Å². The Bertz CT molecular complexity index is 846. The van der Waals surface area contributed by atoms with Crippen LogP contribution in [0.15, 0.2) is 23.8 Å². The Hall–Kier alpha value is -1.27. The summed E-state index contributed by atoms with van der Waals surface area (Å²) in [6, 6.07) is 0. The molecule has 1 unspecified atom stereocenters. The molecular formula is C23H29BrO5. The van der Waals surface area contributed by atoms with Crippen LogP contribution in [0.25, 0.3) is 0 Å². The number of rotatable bonds is 2. The van der Waals surface area contributed by atoms with E-state index < -0.39 is 22.0 Å². The van der Waals surface area contributed by atoms with Crippen LogP contribution in [0.3, 0.4) is 0 Å². The number of aliphatic hydroxyl groups is 1. The lowest BCUT2D eigenvalue weighted by Gasteiger charge is -2.60. The number of Topliss-reactive ketones (excluding diaryl/α,β-unsaturated/α-hetero) is 1. The number of allylic oxidation sites excluding steroid dienone is 4. The highest BCUT2D eigenvalue weighted by atomic mass is 79.9. The molecule has 0 aromatic carbocycles. The van der Waals surface area contributed by atoms with Crippen molar-refractivity contribution < 1.29 is 24.2 Å². The second-order valence-corrected chi connectivity index (χ2v) is 10.6. The van der Waals surface area contributed by atoms with E-state index >= 15 is 0 Å². The minimum atomic E-state index is -1.42. The predicted octanol–water partition coefficient (Wildman–Crippen LogP) is 4.37. The zero-order chi connectivity index (χ0) is 21.4. The van der Waals surface area contributed by atoms with E-state index in [2.05, 4.69) is 22.9 Å². The molecule has 0 heterocycles. The van der Waals surface area contributed by atoms with Crippen molar-refractivity contribution in [1.82, 2.24) is 0 Å². The summed E-state index contributed by atoms with van der Waals surface area (Å²) >= 11 is 2.92. The zero-order valence-electron chi connectivity index (χ0n) is 17.4. The van der Waals surface area contributed by atoms with Crippen LogP contribution in [0.5, 0.6) is 0 Å². The highest BCUT2D eigenvalue weighted by molar-refractivity contribution is 9.18. The molecular weight excluding hydrogens is 436 g/mol. The predicted molar refractivity (Wildman–Crippen MR) is 111 cm³/mol. The molecule has 0 bridgehead atoms. The fourth-order valence-electron chi connectivity index (χ4n) is 7.60. The summed E-state index contributed by atoms with van der Waals surface area (Å²) < 4.78 is 5.79. The summed E-state index contributed by atoms with van der Waals surface area (Å²) in [5, 5.41) is 11.6. The van der Waals surface area contributed by atoms with E-state index in [0.29, 0.717) is 6.42 Å². The molecule has 0 spiro atoms. The number of hydrogen-bond donors (Lipinski definition) is 1. The van der Waals surface area contributed by atoms with Gasteiger partial charge in [0.05, 0.1) is 0 Å². The van der Waals surface area contributed by atoms with Crippen LogP contribution in [-0.4, -0.2) is 33.3 Å². The van der Waals surface area contributed by atoms with Gasteiger partial charge in [-0.15, -0.1) is 0 Å². The Balaban J connectivity index is 1.84. The molecule has 158 valence electrons. The van der Waals surface area contributed by atoms with Gasteiger partial charge in [0.2, 0.25) is 0 Å². The van der Waals surface area contributed by atoms with Gasteiger partial charge in [0, 0.05) is 32.7 Å². The number of carbonyl (C=O) groups is 3. The molecule has 8 atom stereocenters. The fraction of sp³-hybridized carbons (Fsp3) is 0.696. The fourth-order valence-corrected chi connectivity index (χ4v) is 7.84. The maximum Gasteiger partial charge on any atom is 0.374 e. The van der Waals surface area contributed by atoms with Crippen molar-refractivity contribution >= 4 is 32.4 Å². The van der Waals surface area contributed by atoms with Crippen LogP contribution in [0, 0.1) is 34.5 Å². The van der Waals surface area contributed by atoms with Crippen molar-refractivity contribution in [3.05, 3.63) is 23.8 Å². The number of hydrogen-bond acceptors (Lipinski definition) is 5. The normalized spacial score (nSPS) is 48.3. The van der Waals surface area contributed by atoms with Gasteiger partial charge in [-0.25, -0.2) is 4.79 Å². The Labute approximate surface area is 180 Å². The molecule has 29 heavy (non-hydrogen) atoms. The van der Waals surface area contributed by atoms with Gasteiger partial charge in [0.25, 0.3) is 0 Å². The molecule has 0 aromatic rings. The van der Waals surface area contributed by atoms with Crippen molar-refractivity contribution in [2.45, 2.75) is 65.1 Å². The van der Waals surface area contributed by atoms with Gasteiger partial charge < -0.3 is 9.84 Å². The molecule has 4 aliphatic rings. The summed E-state index contributed by atoms with van der Waals surface area (Å²) in [5.41, 5.74) is -1.35. The standard InChI is InChI=1S/C23H29BrO5/c1-12-9-17-16-6-5-14-10-15(26)7-8-21(14,3)19(16)18(29-20(24)27)11-22(17,4)23(12,28)13(2)25/h7-8,10,12,16-19,28H,5-6,9,11H2,1-4H3/t12-,16-,17-,18?,19+,21-,22-,23-/m0/s1.